The quantitative estimate of drug-likeness (QED) is 0.810. The van der Waals surface area contributed by atoms with E-state index >= 15 is 0 Å². The van der Waals surface area contributed by atoms with Gasteiger partial charge in [-0.15, -0.1) is 0 Å². The second-order valence-corrected chi connectivity index (χ2v) is 7.50. The molecule has 2 aromatic rings. The van der Waals surface area contributed by atoms with E-state index in [2.05, 4.69) is 11.9 Å². The number of hydrogen-bond donors (Lipinski definition) is 1. The largest absolute Gasteiger partial charge is 0.352 e. The third-order valence-electron chi connectivity index (χ3n) is 5.10. The first-order valence-corrected chi connectivity index (χ1v) is 9.51. The molecule has 1 aliphatic rings. The maximum Gasteiger partial charge on any atom is 0.259 e. The van der Waals surface area contributed by atoms with Crippen molar-refractivity contribution in [3.8, 4) is 0 Å². The highest BCUT2D eigenvalue weighted by molar-refractivity contribution is 6.31. The number of amides is 2. The van der Waals surface area contributed by atoms with Crippen LogP contribution in [0.1, 0.15) is 34.5 Å². The molecule has 0 aromatic heterocycles. The molecule has 0 saturated heterocycles. The smallest absolute Gasteiger partial charge is 0.259 e. The monoisotopic (exact) mass is 397 g/mol. The van der Waals surface area contributed by atoms with E-state index in [1.807, 2.05) is 61.5 Å². The third kappa shape index (κ3) is 3.68. The van der Waals surface area contributed by atoms with E-state index in [-0.39, 0.29) is 17.9 Å². The van der Waals surface area contributed by atoms with Crippen LogP contribution in [-0.4, -0.2) is 48.3 Å². The van der Waals surface area contributed by atoms with Gasteiger partial charge >= 0.3 is 0 Å². The van der Waals surface area contributed by atoms with Gasteiger partial charge in [0.05, 0.1) is 6.04 Å². The Morgan fingerprint density at radius 2 is 1.75 bits per heavy atom. The van der Waals surface area contributed by atoms with Gasteiger partial charge in [0.25, 0.3) is 5.91 Å². The van der Waals surface area contributed by atoms with E-state index < -0.39 is 6.04 Å². The van der Waals surface area contributed by atoms with Crippen molar-refractivity contribution in [1.29, 1.82) is 0 Å². The molecule has 0 aliphatic carbocycles. The minimum absolute atomic E-state index is 0.0838. The third-order valence-corrected chi connectivity index (χ3v) is 5.45. The molecule has 1 heterocycles. The normalized spacial score (nSPS) is 15.5. The maximum absolute atomic E-state index is 12.8. The second kappa shape index (κ2) is 8.17. The molecule has 0 bridgehead atoms. The lowest BCUT2D eigenvalue weighted by Crippen LogP contribution is -2.46. The first kappa shape index (κ1) is 20.1. The summed E-state index contributed by atoms with van der Waals surface area (Å²) in [7, 11) is 3.87. The predicted molar refractivity (Wildman–Crippen MR) is 112 cm³/mol. The first-order valence-electron chi connectivity index (χ1n) is 9.13. The van der Waals surface area contributed by atoms with Crippen LogP contribution in [0.25, 0.3) is 5.70 Å². The highest BCUT2D eigenvalue weighted by Gasteiger charge is 2.36. The van der Waals surface area contributed by atoms with Crippen molar-refractivity contribution in [2.24, 2.45) is 0 Å². The summed E-state index contributed by atoms with van der Waals surface area (Å²) >= 11 is 6.33. The van der Waals surface area contributed by atoms with Crippen molar-refractivity contribution in [1.82, 2.24) is 15.1 Å². The highest BCUT2D eigenvalue weighted by Crippen LogP contribution is 2.33. The van der Waals surface area contributed by atoms with Crippen LogP contribution in [0, 0.1) is 0 Å². The topological polar surface area (TPSA) is 52.7 Å². The number of carbonyl (C=O) groups is 2. The van der Waals surface area contributed by atoms with Crippen LogP contribution >= 0.6 is 11.6 Å². The summed E-state index contributed by atoms with van der Waals surface area (Å²) < 4.78 is 0. The van der Waals surface area contributed by atoms with Crippen molar-refractivity contribution in [2.45, 2.75) is 19.0 Å². The summed E-state index contributed by atoms with van der Waals surface area (Å²) in [6.07, 6.45) is 0. The SMILES string of the molecule is C=C1c2ccccc2C(=O)N1[C@@H](C)C(=O)NC[C@@H](c1ccccc1Cl)N(C)C. The van der Waals surface area contributed by atoms with E-state index in [4.69, 9.17) is 11.6 Å². The molecule has 0 unspecified atom stereocenters. The Labute approximate surface area is 170 Å². The molecule has 2 aromatic carbocycles. The van der Waals surface area contributed by atoms with Gasteiger partial charge in [0.2, 0.25) is 5.91 Å². The van der Waals surface area contributed by atoms with Gasteiger partial charge in [0.1, 0.15) is 6.04 Å². The molecule has 146 valence electrons. The van der Waals surface area contributed by atoms with Crippen LogP contribution in [0.15, 0.2) is 55.1 Å². The molecule has 1 aliphatic heterocycles. The van der Waals surface area contributed by atoms with Gasteiger partial charge in [-0.2, -0.15) is 0 Å². The second-order valence-electron chi connectivity index (χ2n) is 7.09. The Morgan fingerprint density at radius 1 is 1.14 bits per heavy atom. The minimum Gasteiger partial charge on any atom is -0.352 e. The number of rotatable bonds is 6. The van der Waals surface area contributed by atoms with E-state index in [1.54, 1.807) is 13.0 Å². The van der Waals surface area contributed by atoms with E-state index in [9.17, 15) is 9.59 Å². The van der Waals surface area contributed by atoms with Crippen molar-refractivity contribution in [3.63, 3.8) is 0 Å². The number of likely N-dealkylation sites (N-methyl/N-ethyl adjacent to an activating group) is 1. The number of benzene rings is 2. The molecule has 0 radical (unpaired) electrons. The van der Waals surface area contributed by atoms with Gasteiger partial charge < -0.3 is 10.2 Å². The standard InChI is InChI=1S/C22H24ClN3O2/c1-14-16-9-5-6-10-17(16)22(28)26(14)15(2)21(27)24-13-20(25(3)4)18-11-7-8-12-19(18)23/h5-12,15,20H,1,13H2,2-4H3,(H,24,27)/t15-,20-/m0/s1. The summed E-state index contributed by atoms with van der Waals surface area (Å²) in [6.45, 7) is 6.10. The van der Waals surface area contributed by atoms with Gasteiger partial charge in [-0.25, -0.2) is 0 Å². The summed E-state index contributed by atoms with van der Waals surface area (Å²) in [5, 5.41) is 3.61. The fourth-order valence-electron chi connectivity index (χ4n) is 3.49. The van der Waals surface area contributed by atoms with Gasteiger partial charge in [-0.3, -0.25) is 14.5 Å². The number of fused-ring (bicyclic) bond motifs is 1. The van der Waals surface area contributed by atoms with Gasteiger partial charge in [-0.1, -0.05) is 54.6 Å². The van der Waals surface area contributed by atoms with Crippen molar-refractivity contribution in [2.75, 3.05) is 20.6 Å². The van der Waals surface area contributed by atoms with Crippen LogP contribution in [0.4, 0.5) is 0 Å². The Bertz CT molecular complexity index is 891. The Kier molecular flexibility index (Phi) is 5.87. The number of halogens is 1. The summed E-state index contributed by atoms with van der Waals surface area (Å²) in [5.41, 5.74) is 2.85. The van der Waals surface area contributed by atoms with Gasteiger partial charge in [0.15, 0.2) is 0 Å². The maximum atomic E-state index is 12.8. The van der Waals surface area contributed by atoms with Crippen LogP contribution < -0.4 is 5.32 Å². The molecule has 0 saturated carbocycles. The fraction of sp³-hybridized carbons (Fsp3) is 0.273. The lowest BCUT2D eigenvalue weighted by atomic mass is 10.1. The van der Waals surface area contributed by atoms with Crippen molar-refractivity contribution in [3.05, 3.63) is 76.8 Å². The summed E-state index contributed by atoms with van der Waals surface area (Å²) in [4.78, 5) is 29.0. The average Bonchev–Trinajstić information content (AvgIpc) is 2.93. The van der Waals surface area contributed by atoms with Crippen LogP contribution in [0.3, 0.4) is 0 Å². The molecular formula is C22H24ClN3O2. The van der Waals surface area contributed by atoms with Gasteiger partial charge in [0, 0.05) is 28.4 Å². The summed E-state index contributed by atoms with van der Waals surface area (Å²) in [6, 6.07) is 14.1. The lowest BCUT2D eigenvalue weighted by Gasteiger charge is -2.28. The first-order chi connectivity index (χ1) is 13.3. The zero-order valence-corrected chi connectivity index (χ0v) is 17.0. The molecule has 0 fully saturated rings. The van der Waals surface area contributed by atoms with Crippen molar-refractivity contribution >= 4 is 29.1 Å². The minimum atomic E-state index is -0.665. The van der Waals surface area contributed by atoms with Crippen LogP contribution in [0.2, 0.25) is 5.02 Å². The van der Waals surface area contributed by atoms with E-state index in [0.29, 0.717) is 22.8 Å². The molecule has 6 heteroatoms. The average molecular weight is 398 g/mol. The number of carbonyl (C=O) groups excluding carboxylic acids is 2. The fourth-order valence-corrected chi connectivity index (χ4v) is 3.75. The molecular weight excluding hydrogens is 374 g/mol. The highest BCUT2D eigenvalue weighted by atomic mass is 35.5. The lowest BCUT2D eigenvalue weighted by molar-refractivity contribution is -0.124. The molecule has 2 amide bonds. The summed E-state index contributed by atoms with van der Waals surface area (Å²) in [5.74, 6) is -0.431. The van der Waals surface area contributed by atoms with Gasteiger partial charge in [-0.05, 0) is 38.7 Å². The van der Waals surface area contributed by atoms with Crippen LogP contribution in [0.5, 0.6) is 0 Å². The number of nitrogens with one attached hydrogen (secondary N) is 1. The zero-order valence-electron chi connectivity index (χ0n) is 16.3. The van der Waals surface area contributed by atoms with Crippen LogP contribution in [-0.2, 0) is 4.79 Å². The Morgan fingerprint density at radius 3 is 2.36 bits per heavy atom. The molecule has 2 atom stereocenters. The molecule has 28 heavy (non-hydrogen) atoms. The Hall–Kier alpha value is -2.63. The Balaban J connectivity index is 1.72. The molecule has 3 rings (SSSR count). The number of hydrogen-bond acceptors (Lipinski definition) is 3. The zero-order chi connectivity index (χ0) is 20.4. The van der Waals surface area contributed by atoms with Crippen molar-refractivity contribution < 1.29 is 9.59 Å². The van der Waals surface area contributed by atoms with E-state index in [0.717, 1.165) is 11.1 Å². The predicted octanol–water partition coefficient (Wildman–Crippen LogP) is 3.57. The molecule has 1 N–H and O–H groups in total. The van der Waals surface area contributed by atoms with E-state index in [1.165, 1.54) is 4.90 Å². The number of nitrogens with zero attached hydrogens (tertiary/aromatic N) is 2. The molecule has 5 nitrogen and oxygen atoms in total. The molecule has 0 spiro atoms.